The molecule has 3 rings (SSSR count). The number of fused-ring (bicyclic) bond motifs is 1. The van der Waals surface area contributed by atoms with E-state index < -0.39 is 6.10 Å². The number of benzene rings is 2. The van der Waals surface area contributed by atoms with Crippen molar-refractivity contribution in [2.75, 3.05) is 32.7 Å². The van der Waals surface area contributed by atoms with Gasteiger partial charge in [0.2, 0.25) is 0 Å². The Morgan fingerprint density at radius 3 is 2.46 bits per heavy atom. The molecular weight excluding hydrogens is 336 g/mol. The molecule has 1 heterocycles. The van der Waals surface area contributed by atoms with E-state index in [1.807, 2.05) is 18.2 Å². The molecular formula is C19H20N2O5. The van der Waals surface area contributed by atoms with Crippen LogP contribution in [0.25, 0.3) is 0 Å². The minimum absolute atomic E-state index is 0.0515. The zero-order chi connectivity index (χ0) is 18.7. The number of anilines is 1. The molecule has 1 atom stereocenters. The van der Waals surface area contributed by atoms with Gasteiger partial charge >= 0.3 is 0 Å². The molecule has 7 heteroatoms. The third-order valence-electron chi connectivity index (χ3n) is 4.16. The number of rotatable bonds is 5. The standard InChI is InChI=1S/C19H20N2O5/c1-21-15-6-4-5-7-16(15)26-17(19(21)23)11-20-18(22)12-8-13(24-2)10-14(9-12)25-3/h4-10,17H,11H2,1-3H3,(H,20,22). The first-order chi connectivity index (χ1) is 12.5. The highest BCUT2D eigenvalue weighted by Gasteiger charge is 2.32. The summed E-state index contributed by atoms with van der Waals surface area (Å²) in [6.07, 6.45) is -0.786. The summed E-state index contributed by atoms with van der Waals surface area (Å²) in [6, 6.07) is 12.2. The van der Waals surface area contributed by atoms with Crippen LogP contribution in [0, 0.1) is 0 Å². The zero-order valence-electron chi connectivity index (χ0n) is 14.8. The number of nitrogens with zero attached hydrogens (tertiary/aromatic N) is 1. The van der Waals surface area contributed by atoms with Gasteiger partial charge in [0, 0.05) is 18.7 Å². The van der Waals surface area contributed by atoms with Gasteiger partial charge in [0.15, 0.2) is 6.10 Å². The molecule has 1 aliphatic rings. The lowest BCUT2D eigenvalue weighted by Gasteiger charge is -2.31. The first-order valence-electron chi connectivity index (χ1n) is 8.08. The number of para-hydroxylation sites is 2. The summed E-state index contributed by atoms with van der Waals surface area (Å²) in [4.78, 5) is 26.4. The summed E-state index contributed by atoms with van der Waals surface area (Å²) >= 11 is 0. The van der Waals surface area contributed by atoms with Crippen molar-refractivity contribution in [3.8, 4) is 17.2 Å². The first kappa shape index (κ1) is 17.6. The monoisotopic (exact) mass is 356 g/mol. The minimum Gasteiger partial charge on any atom is -0.497 e. The summed E-state index contributed by atoms with van der Waals surface area (Å²) < 4.78 is 16.1. The van der Waals surface area contributed by atoms with Gasteiger partial charge in [-0.2, -0.15) is 0 Å². The van der Waals surface area contributed by atoms with Gasteiger partial charge in [-0.15, -0.1) is 0 Å². The van der Waals surface area contributed by atoms with Crippen molar-refractivity contribution in [1.29, 1.82) is 0 Å². The van der Waals surface area contributed by atoms with Crippen LogP contribution in [0.1, 0.15) is 10.4 Å². The molecule has 0 aromatic heterocycles. The molecule has 0 bridgehead atoms. The number of hydrogen-bond acceptors (Lipinski definition) is 5. The van der Waals surface area contributed by atoms with E-state index in [4.69, 9.17) is 14.2 Å². The Bertz CT molecular complexity index is 814. The highest BCUT2D eigenvalue weighted by Crippen LogP contribution is 2.32. The Kier molecular flexibility index (Phi) is 4.97. The molecule has 0 saturated carbocycles. The molecule has 26 heavy (non-hydrogen) atoms. The van der Waals surface area contributed by atoms with E-state index in [1.54, 1.807) is 31.3 Å². The fourth-order valence-electron chi connectivity index (χ4n) is 2.73. The van der Waals surface area contributed by atoms with Crippen molar-refractivity contribution in [1.82, 2.24) is 5.32 Å². The number of ether oxygens (including phenoxy) is 3. The van der Waals surface area contributed by atoms with Gasteiger partial charge in [-0.3, -0.25) is 9.59 Å². The van der Waals surface area contributed by atoms with Crippen LogP contribution in [0.3, 0.4) is 0 Å². The third kappa shape index (κ3) is 3.42. The number of methoxy groups -OCH3 is 2. The topological polar surface area (TPSA) is 77.1 Å². The maximum absolute atomic E-state index is 12.5. The molecule has 136 valence electrons. The van der Waals surface area contributed by atoms with E-state index in [2.05, 4.69) is 5.32 Å². The van der Waals surface area contributed by atoms with Crippen LogP contribution in [0.5, 0.6) is 17.2 Å². The minimum atomic E-state index is -0.786. The van der Waals surface area contributed by atoms with Gasteiger partial charge in [0.1, 0.15) is 17.2 Å². The Morgan fingerprint density at radius 1 is 1.15 bits per heavy atom. The average Bonchev–Trinajstić information content (AvgIpc) is 2.68. The molecule has 2 aromatic rings. The van der Waals surface area contributed by atoms with Crippen molar-refractivity contribution in [3.63, 3.8) is 0 Å². The number of amides is 2. The molecule has 2 amide bonds. The van der Waals surface area contributed by atoms with Crippen molar-refractivity contribution >= 4 is 17.5 Å². The normalized spacial score (nSPS) is 15.7. The Balaban J connectivity index is 1.71. The molecule has 0 spiro atoms. The molecule has 0 radical (unpaired) electrons. The van der Waals surface area contributed by atoms with Gasteiger partial charge in [0.05, 0.1) is 26.5 Å². The molecule has 1 aliphatic heterocycles. The van der Waals surface area contributed by atoms with Crippen LogP contribution in [0.2, 0.25) is 0 Å². The number of nitrogens with one attached hydrogen (secondary N) is 1. The van der Waals surface area contributed by atoms with Crippen LogP contribution in [0.4, 0.5) is 5.69 Å². The number of carbonyl (C=O) groups excluding carboxylic acids is 2. The summed E-state index contributed by atoms with van der Waals surface area (Å²) in [5.74, 6) is 1.06. The van der Waals surface area contributed by atoms with E-state index >= 15 is 0 Å². The van der Waals surface area contributed by atoms with Crippen LogP contribution < -0.4 is 24.4 Å². The van der Waals surface area contributed by atoms with E-state index in [-0.39, 0.29) is 18.4 Å². The van der Waals surface area contributed by atoms with Crippen molar-refractivity contribution in [3.05, 3.63) is 48.0 Å². The Labute approximate surface area is 151 Å². The van der Waals surface area contributed by atoms with Gasteiger partial charge in [-0.25, -0.2) is 0 Å². The largest absolute Gasteiger partial charge is 0.497 e. The maximum Gasteiger partial charge on any atom is 0.269 e. The second-order valence-electron chi connectivity index (χ2n) is 5.78. The van der Waals surface area contributed by atoms with E-state index in [0.29, 0.717) is 28.5 Å². The van der Waals surface area contributed by atoms with Gasteiger partial charge in [0.25, 0.3) is 11.8 Å². The number of carbonyl (C=O) groups is 2. The van der Waals surface area contributed by atoms with Crippen molar-refractivity contribution in [2.45, 2.75) is 6.10 Å². The predicted octanol–water partition coefficient (Wildman–Crippen LogP) is 1.86. The SMILES string of the molecule is COc1cc(OC)cc(C(=O)NCC2Oc3ccccc3N(C)C2=O)c1. The summed E-state index contributed by atoms with van der Waals surface area (Å²) in [7, 11) is 4.71. The van der Waals surface area contributed by atoms with Gasteiger partial charge < -0.3 is 24.4 Å². The van der Waals surface area contributed by atoms with Crippen LogP contribution >= 0.6 is 0 Å². The molecule has 0 fully saturated rings. The van der Waals surface area contributed by atoms with Crippen LogP contribution in [-0.4, -0.2) is 45.7 Å². The fourth-order valence-corrected chi connectivity index (χ4v) is 2.73. The highest BCUT2D eigenvalue weighted by molar-refractivity contribution is 6.00. The Hall–Kier alpha value is -3.22. The lowest BCUT2D eigenvalue weighted by Crippen LogP contribution is -2.49. The van der Waals surface area contributed by atoms with E-state index in [9.17, 15) is 9.59 Å². The summed E-state index contributed by atoms with van der Waals surface area (Å²) in [5, 5.41) is 2.73. The molecule has 1 unspecified atom stereocenters. The fraction of sp³-hybridized carbons (Fsp3) is 0.263. The summed E-state index contributed by atoms with van der Waals surface area (Å²) in [5.41, 5.74) is 1.08. The molecule has 1 N–H and O–H groups in total. The predicted molar refractivity (Wildman–Crippen MR) is 96.1 cm³/mol. The van der Waals surface area contributed by atoms with Crippen LogP contribution in [0.15, 0.2) is 42.5 Å². The zero-order valence-corrected chi connectivity index (χ0v) is 14.8. The highest BCUT2D eigenvalue weighted by atomic mass is 16.5. The third-order valence-corrected chi connectivity index (χ3v) is 4.16. The van der Waals surface area contributed by atoms with Crippen LogP contribution in [-0.2, 0) is 4.79 Å². The van der Waals surface area contributed by atoms with Crippen molar-refractivity contribution in [2.24, 2.45) is 0 Å². The molecule has 0 saturated heterocycles. The second-order valence-corrected chi connectivity index (χ2v) is 5.78. The van der Waals surface area contributed by atoms with E-state index in [0.717, 1.165) is 0 Å². The molecule has 7 nitrogen and oxygen atoms in total. The lowest BCUT2D eigenvalue weighted by molar-refractivity contribution is -0.125. The Morgan fingerprint density at radius 2 is 1.81 bits per heavy atom. The quantitative estimate of drug-likeness (QED) is 0.885. The molecule has 2 aromatic carbocycles. The number of likely N-dealkylation sites (N-methyl/N-ethyl adjacent to an activating group) is 1. The van der Waals surface area contributed by atoms with E-state index in [1.165, 1.54) is 19.1 Å². The van der Waals surface area contributed by atoms with Crippen molar-refractivity contribution < 1.29 is 23.8 Å². The smallest absolute Gasteiger partial charge is 0.269 e. The van der Waals surface area contributed by atoms with Gasteiger partial charge in [-0.1, -0.05) is 12.1 Å². The molecule has 0 aliphatic carbocycles. The first-order valence-corrected chi connectivity index (χ1v) is 8.08. The maximum atomic E-state index is 12.5. The average molecular weight is 356 g/mol. The van der Waals surface area contributed by atoms with Gasteiger partial charge in [-0.05, 0) is 24.3 Å². The second kappa shape index (κ2) is 7.35. The number of hydrogen-bond donors (Lipinski definition) is 1. The lowest BCUT2D eigenvalue weighted by atomic mass is 10.1. The summed E-state index contributed by atoms with van der Waals surface area (Å²) in [6.45, 7) is 0.0515.